The van der Waals surface area contributed by atoms with E-state index in [-0.39, 0.29) is 18.4 Å². The third kappa shape index (κ3) is 9.66. The van der Waals surface area contributed by atoms with E-state index in [2.05, 4.69) is 36.4 Å². The standard InChI is InChI=1S/C30H40N4O6.C3H8/c1-3-8-23(26(35)28(37)31-14-4-2)32-27(36)24-11-7-15-34(24)29(38)25(33-30(39)40-18-19-12-13-19)22-16-20-9-5-6-10-21(20)17-22;1-3-2/h4-6,9-10,19,22-25H,2-3,7-8,11-18H2,1H3,(H,31,37)(H,32,36)(H,33,39);3H2,1-2H3/t23?,24-,25-;/m0./s1. The summed E-state index contributed by atoms with van der Waals surface area (Å²) in [7, 11) is 0. The average molecular weight is 597 g/mol. The van der Waals surface area contributed by atoms with Gasteiger partial charge in [-0.15, -0.1) is 6.58 Å². The monoisotopic (exact) mass is 596 g/mol. The van der Waals surface area contributed by atoms with Crippen molar-refractivity contribution in [3.05, 3.63) is 48.0 Å². The number of Topliss-reactive ketones (excluding diaryl/α,β-unsaturated/α-hetero) is 1. The summed E-state index contributed by atoms with van der Waals surface area (Å²) >= 11 is 0. The lowest BCUT2D eigenvalue weighted by Crippen LogP contribution is -2.58. The third-order valence-electron chi connectivity index (χ3n) is 7.92. The molecule has 0 radical (unpaired) electrons. The number of benzene rings is 1. The Morgan fingerprint density at radius 3 is 2.26 bits per heavy atom. The summed E-state index contributed by atoms with van der Waals surface area (Å²) in [4.78, 5) is 66.6. The molecule has 4 rings (SSSR count). The second kappa shape index (κ2) is 16.8. The highest BCUT2D eigenvalue weighted by molar-refractivity contribution is 6.38. The van der Waals surface area contributed by atoms with Crippen molar-refractivity contribution in [1.29, 1.82) is 0 Å². The van der Waals surface area contributed by atoms with Crippen molar-refractivity contribution in [3.63, 3.8) is 0 Å². The molecule has 0 aromatic heterocycles. The van der Waals surface area contributed by atoms with E-state index in [0.29, 0.717) is 57.6 Å². The number of amides is 4. The van der Waals surface area contributed by atoms with Gasteiger partial charge in [0.25, 0.3) is 5.91 Å². The van der Waals surface area contributed by atoms with Gasteiger partial charge in [-0.3, -0.25) is 19.2 Å². The van der Waals surface area contributed by atoms with Gasteiger partial charge in [-0.2, -0.15) is 0 Å². The van der Waals surface area contributed by atoms with Gasteiger partial charge >= 0.3 is 6.09 Å². The van der Waals surface area contributed by atoms with E-state index >= 15 is 0 Å². The number of nitrogens with zero attached hydrogens (tertiary/aromatic N) is 1. The molecule has 1 aliphatic heterocycles. The van der Waals surface area contributed by atoms with Gasteiger partial charge in [0.2, 0.25) is 17.6 Å². The zero-order valence-corrected chi connectivity index (χ0v) is 25.9. The number of ketones is 1. The van der Waals surface area contributed by atoms with Crippen LogP contribution in [0.5, 0.6) is 0 Å². The molecular weight excluding hydrogens is 548 g/mol. The number of likely N-dealkylation sites (tertiary alicyclic amines) is 1. The molecule has 1 saturated carbocycles. The molecule has 10 heteroatoms. The molecule has 4 amide bonds. The van der Waals surface area contributed by atoms with E-state index < -0.39 is 41.8 Å². The van der Waals surface area contributed by atoms with Crippen LogP contribution >= 0.6 is 0 Å². The smallest absolute Gasteiger partial charge is 0.407 e. The van der Waals surface area contributed by atoms with Gasteiger partial charge in [0, 0.05) is 13.1 Å². The van der Waals surface area contributed by atoms with Crippen molar-refractivity contribution in [3.8, 4) is 0 Å². The van der Waals surface area contributed by atoms with Crippen molar-refractivity contribution >= 4 is 29.6 Å². The van der Waals surface area contributed by atoms with Crippen LogP contribution in [0.3, 0.4) is 0 Å². The van der Waals surface area contributed by atoms with Crippen molar-refractivity contribution in [2.75, 3.05) is 19.7 Å². The zero-order chi connectivity index (χ0) is 31.4. The first-order valence-corrected chi connectivity index (χ1v) is 15.8. The Balaban J connectivity index is 0.00000162. The molecular formula is C33H48N4O6. The Morgan fingerprint density at radius 2 is 1.67 bits per heavy atom. The summed E-state index contributed by atoms with van der Waals surface area (Å²) in [5, 5.41) is 8.01. The lowest BCUT2D eigenvalue weighted by Gasteiger charge is -2.32. The number of carbonyl (C=O) groups excluding carboxylic acids is 5. The molecule has 1 aromatic carbocycles. The van der Waals surface area contributed by atoms with E-state index in [4.69, 9.17) is 4.74 Å². The van der Waals surface area contributed by atoms with Crippen LogP contribution in [-0.4, -0.2) is 72.3 Å². The molecule has 236 valence electrons. The van der Waals surface area contributed by atoms with Gasteiger partial charge in [-0.1, -0.05) is 64.0 Å². The summed E-state index contributed by atoms with van der Waals surface area (Å²) < 4.78 is 5.39. The van der Waals surface area contributed by atoms with E-state index in [1.807, 2.05) is 31.2 Å². The quantitative estimate of drug-likeness (QED) is 0.236. The van der Waals surface area contributed by atoms with E-state index in [0.717, 1.165) is 24.0 Å². The first-order chi connectivity index (χ1) is 20.7. The maximum absolute atomic E-state index is 14.0. The zero-order valence-electron chi connectivity index (χ0n) is 25.9. The van der Waals surface area contributed by atoms with Gasteiger partial charge in [0.15, 0.2) is 0 Å². The number of fused-ring (bicyclic) bond motifs is 1. The van der Waals surface area contributed by atoms with Crippen molar-refractivity contribution < 1.29 is 28.7 Å². The van der Waals surface area contributed by atoms with E-state index in [9.17, 15) is 24.0 Å². The first kappa shape index (κ1) is 33.8. The van der Waals surface area contributed by atoms with Crippen LogP contribution in [0, 0.1) is 11.8 Å². The minimum absolute atomic E-state index is 0.144. The maximum atomic E-state index is 14.0. The van der Waals surface area contributed by atoms with Gasteiger partial charge in [0.05, 0.1) is 12.6 Å². The van der Waals surface area contributed by atoms with Gasteiger partial charge in [-0.25, -0.2) is 4.79 Å². The fourth-order valence-electron chi connectivity index (χ4n) is 5.57. The molecule has 0 bridgehead atoms. The molecule has 1 heterocycles. The SMILES string of the molecule is C=CCNC(=O)C(=O)C(CCC)NC(=O)[C@@H]1CCCN1C(=O)[C@@H](NC(=O)OCC1CC1)C1Cc2ccccc2C1.CCC. The number of carbonyl (C=O) groups is 5. The number of hydrogen-bond donors (Lipinski definition) is 3. The number of alkyl carbamates (subject to hydrolysis) is 1. The largest absolute Gasteiger partial charge is 0.449 e. The van der Waals surface area contributed by atoms with E-state index in [1.54, 1.807) is 0 Å². The normalized spacial score (nSPS) is 18.8. The lowest BCUT2D eigenvalue weighted by atomic mass is 9.95. The van der Waals surface area contributed by atoms with Gasteiger partial charge in [0.1, 0.15) is 12.1 Å². The summed E-state index contributed by atoms with van der Waals surface area (Å²) in [6, 6.07) is 5.34. The average Bonchev–Trinajstić information content (AvgIpc) is 3.51. The second-order valence-electron chi connectivity index (χ2n) is 11.7. The predicted molar refractivity (Wildman–Crippen MR) is 164 cm³/mol. The second-order valence-corrected chi connectivity index (χ2v) is 11.7. The Morgan fingerprint density at radius 1 is 1.02 bits per heavy atom. The molecule has 3 atom stereocenters. The number of rotatable bonds is 13. The van der Waals surface area contributed by atoms with Crippen LogP contribution in [-0.2, 0) is 36.8 Å². The fourth-order valence-corrected chi connectivity index (χ4v) is 5.57. The fraction of sp³-hybridized carbons (Fsp3) is 0.606. The highest BCUT2D eigenvalue weighted by Crippen LogP contribution is 2.32. The van der Waals surface area contributed by atoms with Crippen molar-refractivity contribution in [2.24, 2.45) is 11.8 Å². The molecule has 43 heavy (non-hydrogen) atoms. The van der Waals surface area contributed by atoms with Crippen LogP contribution in [0.1, 0.15) is 76.8 Å². The van der Waals surface area contributed by atoms with Crippen molar-refractivity contribution in [2.45, 2.75) is 96.7 Å². The molecule has 1 unspecified atom stereocenters. The predicted octanol–water partition coefficient (Wildman–Crippen LogP) is 3.47. The Kier molecular flexibility index (Phi) is 13.2. The number of nitrogens with one attached hydrogen (secondary N) is 3. The maximum Gasteiger partial charge on any atom is 0.407 e. The van der Waals surface area contributed by atoms with Crippen LogP contribution in [0.25, 0.3) is 0 Å². The number of hydrogen-bond acceptors (Lipinski definition) is 6. The lowest BCUT2D eigenvalue weighted by molar-refractivity contribution is -0.143. The molecule has 3 aliphatic rings. The Labute approximate surface area is 255 Å². The summed E-state index contributed by atoms with van der Waals surface area (Å²) in [6.45, 7) is 10.5. The van der Waals surface area contributed by atoms with E-state index in [1.165, 1.54) is 17.4 Å². The number of ether oxygens (including phenoxy) is 1. The first-order valence-electron chi connectivity index (χ1n) is 15.8. The summed E-state index contributed by atoms with van der Waals surface area (Å²) in [5.41, 5.74) is 2.29. The Hall–Kier alpha value is -3.69. The summed E-state index contributed by atoms with van der Waals surface area (Å²) in [5.74, 6) is -2.10. The van der Waals surface area contributed by atoms with Crippen LogP contribution < -0.4 is 16.0 Å². The topological polar surface area (TPSA) is 134 Å². The van der Waals surface area contributed by atoms with Gasteiger partial charge < -0.3 is 25.6 Å². The van der Waals surface area contributed by atoms with Gasteiger partial charge in [-0.05, 0) is 67.9 Å². The molecule has 0 spiro atoms. The van der Waals surface area contributed by atoms with Crippen LogP contribution in [0.4, 0.5) is 4.79 Å². The molecule has 2 fully saturated rings. The highest BCUT2D eigenvalue weighted by Gasteiger charge is 2.43. The molecule has 2 aliphatic carbocycles. The summed E-state index contributed by atoms with van der Waals surface area (Å²) in [6.07, 6.45) is 7.35. The van der Waals surface area contributed by atoms with Crippen LogP contribution in [0.2, 0.25) is 0 Å². The Bertz CT molecular complexity index is 1120. The van der Waals surface area contributed by atoms with Crippen LogP contribution in [0.15, 0.2) is 36.9 Å². The minimum atomic E-state index is -0.990. The third-order valence-corrected chi connectivity index (χ3v) is 7.92. The highest BCUT2D eigenvalue weighted by atomic mass is 16.5. The molecule has 1 saturated heterocycles. The molecule has 3 N–H and O–H groups in total. The molecule has 10 nitrogen and oxygen atoms in total. The minimum Gasteiger partial charge on any atom is -0.449 e. The molecule has 1 aromatic rings. The van der Waals surface area contributed by atoms with Crippen molar-refractivity contribution in [1.82, 2.24) is 20.9 Å².